The molecule has 2 amide bonds. The van der Waals surface area contributed by atoms with Crippen LogP contribution in [0, 0.1) is 5.92 Å². The maximum Gasteiger partial charge on any atom is 0.227 e. The van der Waals surface area contributed by atoms with Crippen molar-refractivity contribution in [3.63, 3.8) is 0 Å². The Morgan fingerprint density at radius 1 is 1.33 bits per heavy atom. The van der Waals surface area contributed by atoms with Crippen molar-refractivity contribution >= 4 is 23.2 Å². The SMILES string of the molecule is COc1ccc(NC(=O)C2CCC2)cc1N1CCCC1=O. The number of amides is 2. The highest BCUT2D eigenvalue weighted by molar-refractivity contribution is 5.99. The summed E-state index contributed by atoms with van der Waals surface area (Å²) in [6, 6.07) is 5.45. The van der Waals surface area contributed by atoms with Crippen molar-refractivity contribution in [2.75, 3.05) is 23.9 Å². The molecule has 0 bridgehead atoms. The maximum absolute atomic E-state index is 12.0. The van der Waals surface area contributed by atoms with Crippen LogP contribution in [0.3, 0.4) is 0 Å². The summed E-state index contributed by atoms with van der Waals surface area (Å²) >= 11 is 0. The van der Waals surface area contributed by atoms with Gasteiger partial charge in [0, 0.05) is 24.6 Å². The van der Waals surface area contributed by atoms with Crippen molar-refractivity contribution in [3.8, 4) is 5.75 Å². The molecule has 1 aromatic carbocycles. The van der Waals surface area contributed by atoms with E-state index in [-0.39, 0.29) is 17.7 Å². The Labute approximate surface area is 124 Å². The second-order valence-corrected chi connectivity index (χ2v) is 5.65. The summed E-state index contributed by atoms with van der Waals surface area (Å²) in [5, 5.41) is 2.94. The number of anilines is 2. The summed E-state index contributed by atoms with van der Waals surface area (Å²) in [5.74, 6) is 0.983. The first-order chi connectivity index (χ1) is 10.2. The molecule has 0 aromatic heterocycles. The van der Waals surface area contributed by atoms with Gasteiger partial charge in [-0.3, -0.25) is 9.59 Å². The van der Waals surface area contributed by atoms with E-state index < -0.39 is 0 Å². The van der Waals surface area contributed by atoms with Gasteiger partial charge in [0.15, 0.2) is 0 Å². The van der Waals surface area contributed by atoms with Crippen LogP contribution in [0.2, 0.25) is 0 Å². The minimum Gasteiger partial charge on any atom is -0.495 e. The number of hydrogen-bond acceptors (Lipinski definition) is 3. The predicted octanol–water partition coefficient (Wildman–Crippen LogP) is 2.56. The van der Waals surface area contributed by atoms with Crippen LogP contribution in [0.4, 0.5) is 11.4 Å². The van der Waals surface area contributed by atoms with Gasteiger partial charge in [0.2, 0.25) is 11.8 Å². The van der Waals surface area contributed by atoms with Gasteiger partial charge in [0.1, 0.15) is 5.75 Å². The molecule has 1 aliphatic carbocycles. The number of nitrogens with zero attached hydrogens (tertiary/aromatic N) is 1. The molecule has 112 valence electrons. The fourth-order valence-corrected chi connectivity index (χ4v) is 2.80. The lowest BCUT2D eigenvalue weighted by Gasteiger charge is -2.25. The molecule has 2 fully saturated rings. The fraction of sp³-hybridized carbons (Fsp3) is 0.500. The summed E-state index contributed by atoms with van der Waals surface area (Å²) in [6.45, 7) is 0.704. The molecule has 1 aliphatic heterocycles. The molecule has 0 unspecified atom stereocenters. The quantitative estimate of drug-likeness (QED) is 0.926. The van der Waals surface area contributed by atoms with Crippen LogP contribution in [-0.2, 0) is 9.59 Å². The molecule has 0 spiro atoms. The van der Waals surface area contributed by atoms with Gasteiger partial charge in [-0.15, -0.1) is 0 Å². The molecule has 21 heavy (non-hydrogen) atoms. The number of benzene rings is 1. The molecule has 0 radical (unpaired) electrons. The number of carbonyl (C=O) groups is 2. The van der Waals surface area contributed by atoms with Crippen LogP contribution >= 0.6 is 0 Å². The standard InChI is InChI=1S/C16H20N2O3/c1-21-14-8-7-12(17-16(20)11-4-2-5-11)10-13(14)18-9-3-6-15(18)19/h7-8,10-11H,2-6,9H2,1H3,(H,17,20). The summed E-state index contributed by atoms with van der Waals surface area (Å²) in [6.07, 6.45) is 4.51. The van der Waals surface area contributed by atoms with E-state index in [1.54, 1.807) is 18.1 Å². The number of ether oxygens (including phenoxy) is 1. The molecular weight excluding hydrogens is 268 g/mol. The van der Waals surface area contributed by atoms with E-state index >= 15 is 0 Å². The number of rotatable bonds is 4. The van der Waals surface area contributed by atoms with Crippen LogP contribution in [0.15, 0.2) is 18.2 Å². The smallest absolute Gasteiger partial charge is 0.227 e. The molecule has 5 nitrogen and oxygen atoms in total. The van der Waals surface area contributed by atoms with Crippen LogP contribution in [0.25, 0.3) is 0 Å². The van der Waals surface area contributed by atoms with Crippen LogP contribution < -0.4 is 15.0 Å². The molecular formula is C16H20N2O3. The van der Waals surface area contributed by atoms with Gasteiger partial charge in [-0.1, -0.05) is 6.42 Å². The molecule has 1 aromatic rings. The molecule has 0 atom stereocenters. The van der Waals surface area contributed by atoms with E-state index in [1.807, 2.05) is 12.1 Å². The van der Waals surface area contributed by atoms with Crippen molar-refractivity contribution in [3.05, 3.63) is 18.2 Å². The molecule has 3 rings (SSSR count). The second kappa shape index (κ2) is 5.76. The lowest BCUT2D eigenvalue weighted by atomic mass is 9.85. The number of methoxy groups -OCH3 is 1. The Hall–Kier alpha value is -2.04. The van der Waals surface area contributed by atoms with Crippen LogP contribution in [-0.4, -0.2) is 25.5 Å². The zero-order valence-electron chi connectivity index (χ0n) is 12.2. The average Bonchev–Trinajstić information content (AvgIpc) is 2.82. The Bertz CT molecular complexity index is 567. The van der Waals surface area contributed by atoms with Gasteiger partial charge in [0.05, 0.1) is 12.8 Å². The highest BCUT2D eigenvalue weighted by Crippen LogP contribution is 2.35. The highest BCUT2D eigenvalue weighted by atomic mass is 16.5. The Balaban J connectivity index is 1.82. The maximum atomic E-state index is 12.0. The topological polar surface area (TPSA) is 58.6 Å². The van der Waals surface area contributed by atoms with E-state index in [0.717, 1.165) is 37.1 Å². The minimum absolute atomic E-state index is 0.0742. The monoisotopic (exact) mass is 288 g/mol. The average molecular weight is 288 g/mol. The van der Waals surface area contributed by atoms with Crippen LogP contribution in [0.1, 0.15) is 32.1 Å². The number of hydrogen-bond donors (Lipinski definition) is 1. The third-order valence-corrected chi connectivity index (χ3v) is 4.29. The number of nitrogens with one attached hydrogen (secondary N) is 1. The van der Waals surface area contributed by atoms with Crippen molar-refractivity contribution < 1.29 is 14.3 Å². The summed E-state index contributed by atoms with van der Waals surface area (Å²) in [4.78, 5) is 25.7. The van der Waals surface area contributed by atoms with Gasteiger partial charge >= 0.3 is 0 Å². The molecule has 1 N–H and O–H groups in total. The van der Waals surface area contributed by atoms with E-state index in [0.29, 0.717) is 18.7 Å². The summed E-state index contributed by atoms with van der Waals surface area (Å²) in [5.41, 5.74) is 1.47. The van der Waals surface area contributed by atoms with E-state index in [1.165, 1.54) is 0 Å². The molecule has 2 aliphatic rings. The zero-order chi connectivity index (χ0) is 14.8. The molecule has 1 saturated carbocycles. The van der Waals surface area contributed by atoms with Gasteiger partial charge in [0.25, 0.3) is 0 Å². The van der Waals surface area contributed by atoms with Gasteiger partial charge in [-0.2, -0.15) is 0 Å². The summed E-state index contributed by atoms with van der Waals surface area (Å²) < 4.78 is 5.34. The second-order valence-electron chi connectivity index (χ2n) is 5.65. The Morgan fingerprint density at radius 2 is 2.14 bits per heavy atom. The molecule has 1 heterocycles. The first-order valence-electron chi connectivity index (χ1n) is 7.48. The fourth-order valence-electron chi connectivity index (χ4n) is 2.80. The van der Waals surface area contributed by atoms with E-state index in [4.69, 9.17) is 4.74 Å². The predicted molar refractivity (Wildman–Crippen MR) is 80.6 cm³/mol. The largest absolute Gasteiger partial charge is 0.495 e. The van der Waals surface area contributed by atoms with Gasteiger partial charge in [-0.05, 0) is 37.5 Å². The molecule has 1 saturated heterocycles. The van der Waals surface area contributed by atoms with Gasteiger partial charge < -0.3 is 15.0 Å². The van der Waals surface area contributed by atoms with E-state index in [9.17, 15) is 9.59 Å². The lowest BCUT2D eigenvalue weighted by Crippen LogP contribution is -2.28. The molecule has 5 heteroatoms. The summed E-state index contributed by atoms with van der Waals surface area (Å²) in [7, 11) is 1.59. The number of carbonyl (C=O) groups excluding carboxylic acids is 2. The van der Waals surface area contributed by atoms with Crippen LogP contribution in [0.5, 0.6) is 5.75 Å². The Morgan fingerprint density at radius 3 is 2.71 bits per heavy atom. The van der Waals surface area contributed by atoms with Crippen molar-refractivity contribution in [2.24, 2.45) is 5.92 Å². The third-order valence-electron chi connectivity index (χ3n) is 4.29. The highest BCUT2D eigenvalue weighted by Gasteiger charge is 2.27. The van der Waals surface area contributed by atoms with Crippen molar-refractivity contribution in [2.45, 2.75) is 32.1 Å². The Kier molecular flexibility index (Phi) is 3.82. The van der Waals surface area contributed by atoms with E-state index in [2.05, 4.69) is 5.32 Å². The third kappa shape index (κ3) is 2.73. The lowest BCUT2D eigenvalue weighted by molar-refractivity contribution is -0.122. The van der Waals surface area contributed by atoms with Crippen molar-refractivity contribution in [1.82, 2.24) is 0 Å². The van der Waals surface area contributed by atoms with Crippen molar-refractivity contribution in [1.29, 1.82) is 0 Å². The first-order valence-corrected chi connectivity index (χ1v) is 7.48. The zero-order valence-corrected chi connectivity index (χ0v) is 12.2. The normalized spacial score (nSPS) is 18.5. The first kappa shape index (κ1) is 13.9. The van der Waals surface area contributed by atoms with Gasteiger partial charge in [-0.25, -0.2) is 0 Å². The minimum atomic E-state index is 0.0742.